The molecular weight excluding hydrogens is 535 g/mol. The molecule has 0 radical (unpaired) electrons. The summed E-state index contributed by atoms with van der Waals surface area (Å²) < 4.78 is 44.5. The second kappa shape index (κ2) is 13.3. The number of allylic oxidation sites excluding steroid dienone is 1. The zero-order valence-electron chi connectivity index (χ0n) is 23.4. The van der Waals surface area contributed by atoms with Crippen molar-refractivity contribution in [3.63, 3.8) is 0 Å². The Bertz CT molecular complexity index is 1270. The fourth-order valence-electron chi connectivity index (χ4n) is 5.42. The fraction of sp³-hybridized carbons (Fsp3) is 0.452. The maximum atomic E-state index is 13.3. The van der Waals surface area contributed by atoms with Crippen LogP contribution in [0.1, 0.15) is 72.5 Å². The summed E-state index contributed by atoms with van der Waals surface area (Å²) in [6, 6.07) is 11.5. The predicted octanol–water partition coefficient (Wildman–Crippen LogP) is 5.27. The van der Waals surface area contributed by atoms with Crippen LogP contribution in [-0.2, 0) is 27.0 Å². The number of nitrogens with one attached hydrogen (secondary N) is 1. The first-order valence-electron chi connectivity index (χ1n) is 14.0. The number of hydrogen-bond acceptors (Lipinski definition) is 5. The van der Waals surface area contributed by atoms with Crippen LogP contribution < -0.4 is 5.32 Å². The first-order chi connectivity index (χ1) is 19.6. The minimum Gasteiger partial charge on any atom is -0.463 e. The largest absolute Gasteiger partial charge is 0.463 e. The minimum atomic E-state index is -4.49. The summed E-state index contributed by atoms with van der Waals surface area (Å²) in [7, 11) is 0. The van der Waals surface area contributed by atoms with Gasteiger partial charge in [0.1, 0.15) is 0 Å². The highest BCUT2D eigenvalue weighted by molar-refractivity contribution is 5.96. The second-order valence-corrected chi connectivity index (χ2v) is 10.4. The Kier molecular flexibility index (Phi) is 9.86. The molecular formula is C31H36F3N3O4. The molecule has 0 bridgehead atoms. The zero-order chi connectivity index (χ0) is 29.6. The van der Waals surface area contributed by atoms with Crippen LogP contribution in [0.2, 0.25) is 0 Å². The van der Waals surface area contributed by atoms with Crippen molar-refractivity contribution in [3.05, 3.63) is 82.1 Å². The molecule has 2 aliphatic heterocycles. The zero-order valence-corrected chi connectivity index (χ0v) is 23.4. The van der Waals surface area contributed by atoms with E-state index in [1.807, 2.05) is 0 Å². The number of halogens is 3. The van der Waals surface area contributed by atoms with Gasteiger partial charge in [-0.3, -0.25) is 9.59 Å². The number of alkyl halides is 3. The van der Waals surface area contributed by atoms with Gasteiger partial charge in [-0.15, -0.1) is 0 Å². The number of rotatable bonds is 9. The van der Waals surface area contributed by atoms with Gasteiger partial charge in [-0.05, 0) is 75.2 Å². The summed E-state index contributed by atoms with van der Waals surface area (Å²) in [5.41, 5.74) is 1.55. The highest BCUT2D eigenvalue weighted by atomic mass is 19.4. The predicted molar refractivity (Wildman–Crippen MR) is 148 cm³/mol. The lowest BCUT2D eigenvalue weighted by Gasteiger charge is -2.34. The van der Waals surface area contributed by atoms with E-state index in [0.717, 1.165) is 37.3 Å². The van der Waals surface area contributed by atoms with Crippen molar-refractivity contribution in [2.45, 2.75) is 58.2 Å². The standard InChI is InChI=1S/C31H36F3N3O4/c1-3-41-30(40)28-21(2)37(27(38)19-26(28)23-11-13-25(14-12-23)31(32,33)34)20-22-7-9-24(10-8-22)29(39)35-15-18-36-16-5-4-6-17-36/h7-14,26H,3-6,15-20H2,1-2H3,(H,35,39). The number of benzene rings is 2. The van der Waals surface area contributed by atoms with Gasteiger partial charge in [0.05, 0.1) is 24.3 Å². The van der Waals surface area contributed by atoms with Crippen molar-refractivity contribution in [3.8, 4) is 0 Å². The lowest BCUT2D eigenvalue weighted by atomic mass is 9.83. The summed E-state index contributed by atoms with van der Waals surface area (Å²) in [5.74, 6) is -1.76. The van der Waals surface area contributed by atoms with Crippen molar-refractivity contribution in [1.29, 1.82) is 0 Å². The van der Waals surface area contributed by atoms with Crippen molar-refractivity contribution in [1.82, 2.24) is 15.1 Å². The summed E-state index contributed by atoms with van der Waals surface area (Å²) in [4.78, 5) is 42.7. The minimum absolute atomic E-state index is 0.0889. The third-order valence-electron chi connectivity index (χ3n) is 7.68. The molecule has 0 aromatic heterocycles. The molecule has 2 aromatic rings. The fourth-order valence-corrected chi connectivity index (χ4v) is 5.42. The molecule has 0 saturated carbocycles. The van der Waals surface area contributed by atoms with Crippen LogP contribution in [0.15, 0.2) is 59.8 Å². The average molecular weight is 572 g/mol. The van der Waals surface area contributed by atoms with Gasteiger partial charge >= 0.3 is 12.1 Å². The van der Waals surface area contributed by atoms with Crippen LogP contribution in [0, 0.1) is 0 Å². The van der Waals surface area contributed by atoms with Crippen molar-refractivity contribution < 1.29 is 32.3 Å². The SMILES string of the molecule is CCOC(=O)C1=C(C)N(Cc2ccc(C(=O)NCCN3CCCCC3)cc2)C(=O)CC1c1ccc(C(F)(F)F)cc1. The normalized spacial score (nSPS) is 18.4. The molecule has 2 amide bonds. The third kappa shape index (κ3) is 7.55. The van der Waals surface area contributed by atoms with Gasteiger partial charge in [0.25, 0.3) is 5.91 Å². The monoisotopic (exact) mass is 571 g/mol. The summed E-state index contributed by atoms with van der Waals surface area (Å²) >= 11 is 0. The molecule has 0 spiro atoms. The first-order valence-corrected chi connectivity index (χ1v) is 14.0. The number of nitrogens with zero attached hydrogens (tertiary/aromatic N) is 2. The van der Waals surface area contributed by atoms with Crippen LogP contribution in [0.3, 0.4) is 0 Å². The van der Waals surface area contributed by atoms with Crippen LogP contribution in [0.25, 0.3) is 0 Å². The van der Waals surface area contributed by atoms with Gasteiger partial charge in [0.2, 0.25) is 5.91 Å². The van der Waals surface area contributed by atoms with E-state index in [-0.39, 0.29) is 37.0 Å². The Balaban J connectivity index is 1.47. The smallest absolute Gasteiger partial charge is 0.416 e. The lowest BCUT2D eigenvalue weighted by Crippen LogP contribution is -2.38. The Hall–Kier alpha value is -3.66. The summed E-state index contributed by atoms with van der Waals surface area (Å²) in [6.45, 7) is 7.12. The molecule has 2 aliphatic rings. The number of hydrogen-bond donors (Lipinski definition) is 1. The molecule has 1 N–H and O–H groups in total. The quantitative estimate of drug-likeness (QED) is 0.415. The number of esters is 1. The Morgan fingerprint density at radius 2 is 1.66 bits per heavy atom. The van der Waals surface area contributed by atoms with Gasteiger partial charge in [0, 0.05) is 36.7 Å². The number of amides is 2. The van der Waals surface area contributed by atoms with Gasteiger partial charge < -0.3 is 19.9 Å². The number of ether oxygens (including phenoxy) is 1. The van der Waals surface area contributed by atoms with E-state index in [1.54, 1.807) is 38.1 Å². The van der Waals surface area contributed by atoms with Crippen LogP contribution in [0.4, 0.5) is 13.2 Å². The molecule has 41 heavy (non-hydrogen) atoms. The number of carbonyl (C=O) groups excluding carboxylic acids is 3. The Labute approximate surface area is 238 Å². The molecule has 10 heteroatoms. The molecule has 1 saturated heterocycles. The Morgan fingerprint density at radius 1 is 1.00 bits per heavy atom. The highest BCUT2D eigenvalue weighted by Gasteiger charge is 2.37. The van der Waals surface area contributed by atoms with Gasteiger partial charge in [0.15, 0.2) is 0 Å². The molecule has 1 atom stereocenters. The molecule has 2 aromatic carbocycles. The van der Waals surface area contributed by atoms with Crippen LogP contribution in [-0.4, -0.2) is 60.4 Å². The number of carbonyl (C=O) groups is 3. The van der Waals surface area contributed by atoms with E-state index >= 15 is 0 Å². The van der Waals surface area contributed by atoms with Gasteiger partial charge in [-0.1, -0.05) is 30.7 Å². The lowest BCUT2D eigenvalue weighted by molar-refractivity contribution is -0.140. The second-order valence-electron chi connectivity index (χ2n) is 10.4. The van der Waals surface area contributed by atoms with Crippen molar-refractivity contribution >= 4 is 17.8 Å². The van der Waals surface area contributed by atoms with E-state index in [1.165, 1.54) is 36.3 Å². The molecule has 4 rings (SSSR count). The van der Waals surface area contributed by atoms with E-state index in [4.69, 9.17) is 4.74 Å². The topological polar surface area (TPSA) is 79.0 Å². The summed E-state index contributed by atoms with van der Waals surface area (Å²) in [6.07, 6.45) is -0.927. The van der Waals surface area contributed by atoms with E-state index in [2.05, 4.69) is 10.2 Å². The summed E-state index contributed by atoms with van der Waals surface area (Å²) in [5, 5.41) is 2.96. The molecule has 2 heterocycles. The van der Waals surface area contributed by atoms with Crippen LogP contribution in [0.5, 0.6) is 0 Å². The first kappa shape index (κ1) is 30.3. The van der Waals surface area contributed by atoms with Crippen molar-refractivity contribution in [2.75, 3.05) is 32.8 Å². The average Bonchev–Trinajstić information content (AvgIpc) is 2.95. The number of piperidine rings is 1. The molecule has 0 aliphatic carbocycles. The highest BCUT2D eigenvalue weighted by Crippen LogP contribution is 2.39. The van der Waals surface area contributed by atoms with E-state index in [0.29, 0.717) is 23.4 Å². The molecule has 7 nitrogen and oxygen atoms in total. The number of likely N-dealkylation sites (tertiary alicyclic amines) is 1. The molecule has 220 valence electrons. The Morgan fingerprint density at radius 3 is 2.27 bits per heavy atom. The van der Waals surface area contributed by atoms with Crippen LogP contribution >= 0.6 is 0 Å². The van der Waals surface area contributed by atoms with Crippen molar-refractivity contribution in [2.24, 2.45) is 0 Å². The molecule has 1 unspecified atom stereocenters. The van der Waals surface area contributed by atoms with E-state index in [9.17, 15) is 27.6 Å². The third-order valence-corrected chi connectivity index (χ3v) is 7.68. The van der Waals surface area contributed by atoms with E-state index < -0.39 is 23.6 Å². The maximum absolute atomic E-state index is 13.3. The maximum Gasteiger partial charge on any atom is 0.416 e. The van der Waals surface area contributed by atoms with Gasteiger partial charge in [-0.2, -0.15) is 13.2 Å². The molecule has 1 fully saturated rings. The van der Waals surface area contributed by atoms with Gasteiger partial charge in [-0.25, -0.2) is 4.79 Å².